The van der Waals surface area contributed by atoms with Gasteiger partial charge in [-0.1, -0.05) is 30.3 Å². The monoisotopic (exact) mass is 500 g/mol. The molecule has 0 heterocycles. The van der Waals surface area contributed by atoms with Crippen LogP contribution in [0.2, 0.25) is 0 Å². The molecular weight excluding hydrogens is 472 g/mol. The summed E-state index contributed by atoms with van der Waals surface area (Å²) in [7, 11) is 0. The molecule has 11 nitrogen and oxygen atoms in total. The predicted octanol–water partition coefficient (Wildman–Crippen LogP) is -1.18. The van der Waals surface area contributed by atoms with Crippen molar-refractivity contribution in [1.82, 2.24) is 16.0 Å². The standard InChI is InChI=1S/C20H28N4O7S2/c21-12(8-11-4-2-1-3-5-11)17(27)23-14(9-32)19(29)22-13(6-7-16(25)26)18(28)24-15(10-33)20(30)31/h1-5,12-15,32-33H,6-10,21H2,(H,22,29)(H,23,27)(H,24,28)(H,25,26)(H,30,31). The molecule has 0 aromatic heterocycles. The minimum Gasteiger partial charge on any atom is -0.481 e. The van der Waals surface area contributed by atoms with E-state index in [1.54, 1.807) is 24.3 Å². The van der Waals surface area contributed by atoms with E-state index in [4.69, 9.17) is 15.9 Å². The second kappa shape index (κ2) is 14.4. The Morgan fingerprint density at radius 2 is 1.33 bits per heavy atom. The van der Waals surface area contributed by atoms with Gasteiger partial charge in [-0.15, -0.1) is 0 Å². The number of hydrogen-bond donors (Lipinski definition) is 8. The Balaban J connectivity index is 2.82. The fraction of sp³-hybridized carbons (Fsp3) is 0.450. The Morgan fingerprint density at radius 3 is 1.85 bits per heavy atom. The third-order valence-electron chi connectivity index (χ3n) is 4.53. The highest BCUT2D eigenvalue weighted by Crippen LogP contribution is 2.04. The molecule has 0 saturated heterocycles. The van der Waals surface area contributed by atoms with Crippen molar-refractivity contribution in [2.45, 2.75) is 43.4 Å². The highest BCUT2D eigenvalue weighted by molar-refractivity contribution is 7.80. The first-order valence-corrected chi connectivity index (χ1v) is 11.2. The lowest BCUT2D eigenvalue weighted by Crippen LogP contribution is -2.58. The van der Waals surface area contributed by atoms with E-state index in [0.29, 0.717) is 0 Å². The SMILES string of the molecule is NC(Cc1ccccc1)C(=O)NC(CS)C(=O)NC(CCC(=O)O)C(=O)NC(CS)C(=O)O. The number of rotatable bonds is 14. The summed E-state index contributed by atoms with van der Waals surface area (Å²) in [6.45, 7) is 0. The minimum atomic E-state index is -1.35. The first-order chi connectivity index (χ1) is 15.6. The number of aliphatic carboxylic acids is 2. The second-order valence-corrected chi connectivity index (χ2v) is 7.85. The lowest BCUT2D eigenvalue weighted by atomic mass is 10.1. The van der Waals surface area contributed by atoms with Gasteiger partial charge >= 0.3 is 11.9 Å². The van der Waals surface area contributed by atoms with E-state index < -0.39 is 60.2 Å². The number of thiol groups is 2. The van der Waals surface area contributed by atoms with Crippen LogP contribution in [0.15, 0.2) is 30.3 Å². The van der Waals surface area contributed by atoms with Crippen LogP contribution in [0.25, 0.3) is 0 Å². The van der Waals surface area contributed by atoms with Gasteiger partial charge < -0.3 is 31.9 Å². The van der Waals surface area contributed by atoms with E-state index in [1.807, 2.05) is 6.07 Å². The molecule has 0 spiro atoms. The molecule has 1 rings (SSSR count). The zero-order chi connectivity index (χ0) is 25.0. The van der Waals surface area contributed by atoms with Crippen LogP contribution < -0.4 is 21.7 Å². The molecule has 0 aliphatic rings. The van der Waals surface area contributed by atoms with E-state index in [9.17, 15) is 24.0 Å². The van der Waals surface area contributed by atoms with Gasteiger partial charge in [0.15, 0.2) is 0 Å². The van der Waals surface area contributed by atoms with Gasteiger partial charge in [0.2, 0.25) is 17.7 Å². The molecule has 1 aromatic carbocycles. The van der Waals surface area contributed by atoms with E-state index in [0.717, 1.165) is 5.56 Å². The number of amides is 3. The lowest BCUT2D eigenvalue weighted by Gasteiger charge is -2.24. The normalized spacial score (nSPS) is 14.3. The Kier molecular flexibility index (Phi) is 12.3. The summed E-state index contributed by atoms with van der Waals surface area (Å²) in [6, 6.07) is 4.23. The Bertz CT molecular complexity index is 841. The summed E-state index contributed by atoms with van der Waals surface area (Å²) < 4.78 is 0. The van der Waals surface area contributed by atoms with Crippen LogP contribution in [0.3, 0.4) is 0 Å². The van der Waals surface area contributed by atoms with Crippen LogP contribution >= 0.6 is 25.3 Å². The first-order valence-electron chi connectivity index (χ1n) is 9.96. The molecule has 0 fully saturated rings. The summed E-state index contributed by atoms with van der Waals surface area (Å²) in [6.07, 6.45) is -0.527. The molecule has 0 bridgehead atoms. The van der Waals surface area contributed by atoms with Crippen molar-refractivity contribution in [2.75, 3.05) is 11.5 Å². The number of benzene rings is 1. The number of carboxylic acids is 2. The molecule has 182 valence electrons. The summed E-state index contributed by atoms with van der Waals surface area (Å²) in [5, 5.41) is 25.0. The van der Waals surface area contributed by atoms with Crippen LogP contribution in [-0.2, 0) is 30.4 Å². The molecular formula is C20H28N4O7S2. The molecule has 7 N–H and O–H groups in total. The summed E-state index contributed by atoms with van der Waals surface area (Å²) in [5.74, 6) is -5.19. The lowest BCUT2D eigenvalue weighted by molar-refractivity contribution is -0.142. The third-order valence-corrected chi connectivity index (χ3v) is 5.26. The Labute approximate surface area is 201 Å². The summed E-state index contributed by atoms with van der Waals surface area (Å²) in [4.78, 5) is 59.6. The molecule has 0 aliphatic carbocycles. The maximum atomic E-state index is 12.7. The van der Waals surface area contributed by atoms with Crippen molar-refractivity contribution in [3.63, 3.8) is 0 Å². The average Bonchev–Trinajstić information content (AvgIpc) is 2.78. The summed E-state index contributed by atoms with van der Waals surface area (Å²) in [5.41, 5.74) is 6.75. The topological polar surface area (TPSA) is 188 Å². The molecule has 1 aromatic rings. The predicted molar refractivity (Wildman–Crippen MR) is 126 cm³/mol. The molecule has 0 saturated carbocycles. The number of nitrogens with one attached hydrogen (secondary N) is 3. The number of carboxylic acid groups (broad SMARTS) is 2. The highest BCUT2D eigenvalue weighted by Gasteiger charge is 2.29. The van der Waals surface area contributed by atoms with Gasteiger partial charge in [0.05, 0.1) is 6.04 Å². The molecule has 4 unspecified atom stereocenters. The van der Waals surface area contributed by atoms with Crippen molar-refractivity contribution >= 4 is 54.9 Å². The van der Waals surface area contributed by atoms with Crippen LogP contribution in [0, 0.1) is 0 Å². The Hall–Kier alpha value is -2.77. The number of carbonyl (C=O) groups is 5. The Morgan fingerprint density at radius 1 is 0.818 bits per heavy atom. The zero-order valence-electron chi connectivity index (χ0n) is 17.6. The van der Waals surface area contributed by atoms with Crippen LogP contribution in [-0.4, -0.2) is 75.5 Å². The van der Waals surface area contributed by atoms with Gasteiger partial charge in [-0.25, -0.2) is 4.79 Å². The molecule has 0 aliphatic heterocycles. The minimum absolute atomic E-state index is 0.128. The second-order valence-electron chi connectivity index (χ2n) is 7.12. The molecule has 3 amide bonds. The first kappa shape index (κ1) is 28.3. The van der Waals surface area contributed by atoms with Crippen LogP contribution in [0.1, 0.15) is 18.4 Å². The fourth-order valence-electron chi connectivity index (χ4n) is 2.70. The van der Waals surface area contributed by atoms with Crippen molar-refractivity contribution in [1.29, 1.82) is 0 Å². The smallest absolute Gasteiger partial charge is 0.327 e. The van der Waals surface area contributed by atoms with Gasteiger partial charge in [-0.05, 0) is 18.4 Å². The maximum Gasteiger partial charge on any atom is 0.327 e. The van der Waals surface area contributed by atoms with E-state index >= 15 is 0 Å². The van der Waals surface area contributed by atoms with Gasteiger partial charge in [0, 0.05) is 17.9 Å². The zero-order valence-corrected chi connectivity index (χ0v) is 19.4. The van der Waals surface area contributed by atoms with E-state index in [-0.39, 0.29) is 24.3 Å². The van der Waals surface area contributed by atoms with E-state index in [2.05, 4.69) is 41.2 Å². The van der Waals surface area contributed by atoms with Crippen LogP contribution in [0.5, 0.6) is 0 Å². The van der Waals surface area contributed by atoms with Crippen molar-refractivity contribution < 1.29 is 34.2 Å². The molecule has 0 radical (unpaired) electrons. The van der Waals surface area contributed by atoms with Crippen LogP contribution in [0.4, 0.5) is 0 Å². The van der Waals surface area contributed by atoms with Gasteiger partial charge in [-0.2, -0.15) is 25.3 Å². The van der Waals surface area contributed by atoms with Gasteiger partial charge in [0.1, 0.15) is 18.1 Å². The van der Waals surface area contributed by atoms with Crippen molar-refractivity contribution in [2.24, 2.45) is 5.73 Å². The average molecular weight is 501 g/mol. The molecule has 4 atom stereocenters. The number of nitrogens with two attached hydrogens (primary N) is 1. The summed E-state index contributed by atoms with van der Waals surface area (Å²) >= 11 is 7.90. The highest BCUT2D eigenvalue weighted by atomic mass is 32.1. The van der Waals surface area contributed by atoms with Gasteiger partial charge in [0.25, 0.3) is 0 Å². The largest absolute Gasteiger partial charge is 0.481 e. The van der Waals surface area contributed by atoms with Crippen molar-refractivity contribution in [3.05, 3.63) is 35.9 Å². The fourth-order valence-corrected chi connectivity index (χ4v) is 3.20. The number of carbonyl (C=O) groups excluding carboxylic acids is 3. The third kappa shape index (κ3) is 10.1. The number of hydrogen-bond acceptors (Lipinski definition) is 8. The van der Waals surface area contributed by atoms with E-state index in [1.165, 1.54) is 0 Å². The molecule has 13 heteroatoms. The molecule has 33 heavy (non-hydrogen) atoms. The quantitative estimate of drug-likeness (QED) is 0.147. The van der Waals surface area contributed by atoms with Gasteiger partial charge in [-0.3, -0.25) is 19.2 Å². The van der Waals surface area contributed by atoms with Crippen molar-refractivity contribution in [3.8, 4) is 0 Å². The maximum absolute atomic E-state index is 12.7.